The Morgan fingerprint density at radius 3 is 3.21 bits per heavy atom. The number of nitrogens with one attached hydrogen (secondary N) is 1. The summed E-state index contributed by atoms with van der Waals surface area (Å²) < 4.78 is 4.34. The molecule has 0 bridgehead atoms. The summed E-state index contributed by atoms with van der Waals surface area (Å²) in [5, 5.41) is 2.41. The van der Waals surface area contributed by atoms with Crippen LogP contribution in [0.15, 0.2) is 24.0 Å². The summed E-state index contributed by atoms with van der Waals surface area (Å²) in [5.74, 6) is 0. The zero-order valence-electron chi connectivity index (χ0n) is 7.90. The lowest BCUT2D eigenvalue weighted by molar-refractivity contribution is -0.129. The Morgan fingerprint density at radius 2 is 2.57 bits per heavy atom. The van der Waals surface area contributed by atoms with Crippen molar-refractivity contribution in [2.75, 3.05) is 6.73 Å². The maximum Gasteiger partial charge on any atom is 0.328 e. The highest BCUT2D eigenvalue weighted by atomic mass is 16.5. The standard InChI is InChI=1S/C9H12N2O3/c1-8-3-2-4-11(5-8)9(13)10-6-14-7-12/h2,4-5,7H,3,6H2,1H3,(H,10,13). The summed E-state index contributed by atoms with van der Waals surface area (Å²) in [6.45, 7) is 2.11. The van der Waals surface area contributed by atoms with Gasteiger partial charge in [-0.15, -0.1) is 0 Å². The normalized spacial score (nSPS) is 14.6. The van der Waals surface area contributed by atoms with Gasteiger partial charge < -0.3 is 10.1 Å². The van der Waals surface area contributed by atoms with Crippen LogP contribution in [-0.2, 0) is 9.53 Å². The number of carbonyl (C=O) groups is 2. The van der Waals surface area contributed by atoms with Crippen molar-refractivity contribution in [2.45, 2.75) is 13.3 Å². The van der Waals surface area contributed by atoms with E-state index in [1.807, 2.05) is 13.0 Å². The fraction of sp³-hybridized carbons (Fsp3) is 0.333. The first-order valence-corrected chi connectivity index (χ1v) is 4.19. The third-order valence-corrected chi connectivity index (χ3v) is 1.67. The smallest absolute Gasteiger partial charge is 0.328 e. The van der Waals surface area contributed by atoms with E-state index in [0.29, 0.717) is 0 Å². The number of allylic oxidation sites excluding steroid dienone is 2. The zero-order chi connectivity index (χ0) is 10.4. The molecule has 0 unspecified atom stereocenters. The first-order chi connectivity index (χ1) is 6.74. The van der Waals surface area contributed by atoms with E-state index >= 15 is 0 Å². The van der Waals surface area contributed by atoms with Crippen LogP contribution in [0.5, 0.6) is 0 Å². The molecular weight excluding hydrogens is 184 g/mol. The molecule has 2 amide bonds. The maximum atomic E-state index is 11.3. The van der Waals surface area contributed by atoms with Gasteiger partial charge in [0.15, 0.2) is 6.73 Å². The molecule has 0 aromatic rings. The number of nitrogens with zero attached hydrogens (tertiary/aromatic N) is 1. The van der Waals surface area contributed by atoms with E-state index < -0.39 is 0 Å². The summed E-state index contributed by atoms with van der Waals surface area (Å²) >= 11 is 0. The van der Waals surface area contributed by atoms with Gasteiger partial charge in [-0.25, -0.2) is 4.79 Å². The highest BCUT2D eigenvalue weighted by molar-refractivity contribution is 5.76. The predicted molar refractivity (Wildman–Crippen MR) is 49.9 cm³/mol. The second kappa shape index (κ2) is 5.06. The topological polar surface area (TPSA) is 58.6 Å². The van der Waals surface area contributed by atoms with Gasteiger partial charge in [-0.05, 0) is 13.3 Å². The molecule has 5 nitrogen and oxygen atoms in total. The summed E-state index contributed by atoms with van der Waals surface area (Å²) in [4.78, 5) is 22.6. The lowest BCUT2D eigenvalue weighted by Crippen LogP contribution is -2.35. The van der Waals surface area contributed by atoms with Crippen molar-refractivity contribution in [3.05, 3.63) is 24.0 Å². The summed E-state index contributed by atoms with van der Waals surface area (Å²) in [6.07, 6.45) is 6.14. The Hall–Kier alpha value is -1.78. The highest BCUT2D eigenvalue weighted by Crippen LogP contribution is 2.10. The molecule has 0 spiro atoms. The molecule has 5 heteroatoms. The summed E-state index contributed by atoms with van der Waals surface area (Å²) in [6, 6.07) is -0.317. The van der Waals surface area contributed by atoms with Crippen LogP contribution in [0.1, 0.15) is 13.3 Å². The number of ether oxygens (including phenoxy) is 1. The molecule has 1 heterocycles. The monoisotopic (exact) mass is 196 g/mol. The molecule has 0 aromatic heterocycles. The molecule has 0 radical (unpaired) electrons. The van der Waals surface area contributed by atoms with Crippen molar-refractivity contribution in [1.29, 1.82) is 0 Å². The Labute approximate surface area is 82.0 Å². The third kappa shape index (κ3) is 2.93. The largest absolute Gasteiger partial charge is 0.447 e. The third-order valence-electron chi connectivity index (χ3n) is 1.67. The lowest BCUT2D eigenvalue weighted by atomic mass is 10.2. The number of urea groups is 1. The van der Waals surface area contributed by atoms with Crippen LogP contribution < -0.4 is 5.32 Å². The average Bonchev–Trinajstić information content (AvgIpc) is 2.18. The Balaban J connectivity index is 2.40. The van der Waals surface area contributed by atoms with Crippen molar-refractivity contribution < 1.29 is 14.3 Å². The van der Waals surface area contributed by atoms with Gasteiger partial charge in [0.05, 0.1) is 0 Å². The zero-order valence-corrected chi connectivity index (χ0v) is 7.90. The first kappa shape index (κ1) is 10.3. The fourth-order valence-electron chi connectivity index (χ4n) is 1.04. The van der Waals surface area contributed by atoms with Gasteiger partial charge >= 0.3 is 6.03 Å². The predicted octanol–water partition coefficient (Wildman–Crippen LogP) is 0.950. The molecule has 1 aliphatic rings. The van der Waals surface area contributed by atoms with Gasteiger partial charge in [-0.3, -0.25) is 9.69 Å². The van der Waals surface area contributed by atoms with Crippen molar-refractivity contribution in [1.82, 2.24) is 10.2 Å². The van der Waals surface area contributed by atoms with E-state index in [9.17, 15) is 9.59 Å². The molecule has 1 rings (SSSR count). The van der Waals surface area contributed by atoms with Crippen molar-refractivity contribution in [2.24, 2.45) is 0 Å². The second-order valence-electron chi connectivity index (χ2n) is 2.86. The van der Waals surface area contributed by atoms with E-state index in [1.54, 1.807) is 12.4 Å². The van der Waals surface area contributed by atoms with Crippen LogP contribution in [-0.4, -0.2) is 24.1 Å². The summed E-state index contributed by atoms with van der Waals surface area (Å²) in [5.41, 5.74) is 1.10. The minimum Gasteiger partial charge on any atom is -0.447 e. The van der Waals surface area contributed by atoms with Gasteiger partial charge in [0, 0.05) is 12.4 Å². The number of hydrogen-bond donors (Lipinski definition) is 1. The molecule has 14 heavy (non-hydrogen) atoms. The Bertz CT molecular complexity index is 284. The molecular formula is C9H12N2O3. The van der Waals surface area contributed by atoms with Gasteiger partial charge in [-0.1, -0.05) is 11.6 Å². The minimum atomic E-state index is -0.317. The number of carbonyl (C=O) groups excluding carboxylic acids is 2. The lowest BCUT2D eigenvalue weighted by Gasteiger charge is -2.18. The molecule has 0 atom stereocenters. The minimum absolute atomic E-state index is 0.112. The van der Waals surface area contributed by atoms with Crippen LogP contribution in [0.4, 0.5) is 4.79 Å². The van der Waals surface area contributed by atoms with E-state index in [-0.39, 0.29) is 19.2 Å². The number of hydrogen-bond acceptors (Lipinski definition) is 3. The van der Waals surface area contributed by atoms with Gasteiger partial charge in [0.25, 0.3) is 6.47 Å². The molecule has 0 saturated heterocycles. The Kier molecular flexibility index (Phi) is 3.72. The fourth-order valence-corrected chi connectivity index (χ4v) is 1.04. The second-order valence-corrected chi connectivity index (χ2v) is 2.86. The van der Waals surface area contributed by atoms with E-state index in [0.717, 1.165) is 12.0 Å². The van der Waals surface area contributed by atoms with Crippen molar-refractivity contribution >= 4 is 12.5 Å². The quantitative estimate of drug-likeness (QED) is 0.415. The Morgan fingerprint density at radius 1 is 1.79 bits per heavy atom. The molecule has 1 N–H and O–H groups in total. The van der Waals surface area contributed by atoms with Crippen molar-refractivity contribution in [3.8, 4) is 0 Å². The maximum absolute atomic E-state index is 11.3. The van der Waals surface area contributed by atoms with Gasteiger partial charge in [-0.2, -0.15) is 0 Å². The summed E-state index contributed by atoms with van der Waals surface area (Å²) in [7, 11) is 0. The SMILES string of the molecule is CC1=CN(C(=O)NCOC=O)C=CC1. The van der Waals surface area contributed by atoms with Crippen LogP contribution in [0.25, 0.3) is 0 Å². The molecule has 0 aromatic carbocycles. The number of rotatable bonds is 3. The van der Waals surface area contributed by atoms with Gasteiger partial charge in [0.1, 0.15) is 0 Å². The molecule has 0 saturated carbocycles. The first-order valence-electron chi connectivity index (χ1n) is 4.19. The molecule has 1 aliphatic heterocycles. The van der Waals surface area contributed by atoms with E-state index in [1.165, 1.54) is 4.90 Å². The average molecular weight is 196 g/mol. The molecule has 76 valence electrons. The van der Waals surface area contributed by atoms with E-state index in [4.69, 9.17) is 0 Å². The van der Waals surface area contributed by atoms with Gasteiger partial charge in [0.2, 0.25) is 0 Å². The van der Waals surface area contributed by atoms with Crippen LogP contribution in [0, 0.1) is 0 Å². The van der Waals surface area contributed by atoms with Crippen LogP contribution in [0.2, 0.25) is 0 Å². The van der Waals surface area contributed by atoms with Crippen molar-refractivity contribution in [3.63, 3.8) is 0 Å². The van der Waals surface area contributed by atoms with E-state index in [2.05, 4.69) is 10.1 Å². The molecule has 0 fully saturated rings. The van der Waals surface area contributed by atoms with Crippen LogP contribution >= 0.6 is 0 Å². The number of amides is 2. The molecule has 0 aliphatic carbocycles. The highest BCUT2D eigenvalue weighted by Gasteiger charge is 2.09. The van der Waals surface area contributed by atoms with Crippen LogP contribution in [0.3, 0.4) is 0 Å².